The molecule has 0 aliphatic carbocycles. The molecule has 0 aromatic heterocycles. The van der Waals surface area contributed by atoms with Crippen LogP contribution < -0.4 is 0 Å². The SMILES string of the molecule is C=C(C)OC1CC(C)(C)N([O])C(C)(C)C1. The van der Waals surface area contributed by atoms with E-state index in [1.54, 1.807) is 0 Å². The number of hydroxylamine groups is 2. The summed E-state index contributed by atoms with van der Waals surface area (Å²) >= 11 is 0. The molecule has 1 saturated heterocycles. The molecule has 0 spiro atoms. The second-order valence-electron chi connectivity index (χ2n) is 5.77. The lowest BCUT2D eigenvalue weighted by Crippen LogP contribution is -2.59. The Morgan fingerprint density at radius 3 is 2.00 bits per heavy atom. The van der Waals surface area contributed by atoms with Crippen molar-refractivity contribution in [2.75, 3.05) is 0 Å². The van der Waals surface area contributed by atoms with Gasteiger partial charge >= 0.3 is 0 Å². The summed E-state index contributed by atoms with van der Waals surface area (Å²) in [6.45, 7) is 13.5. The Kier molecular flexibility index (Phi) is 3.17. The fourth-order valence-electron chi connectivity index (χ4n) is 2.54. The van der Waals surface area contributed by atoms with E-state index in [0.29, 0.717) is 0 Å². The average molecular weight is 212 g/mol. The van der Waals surface area contributed by atoms with Crippen LogP contribution in [0.1, 0.15) is 47.5 Å². The Bertz CT molecular complexity index is 240. The fourth-order valence-corrected chi connectivity index (χ4v) is 2.54. The highest BCUT2D eigenvalue weighted by Crippen LogP contribution is 2.38. The molecule has 0 amide bonds. The molecule has 0 bridgehead atoms. The van der Waals surface area contributed by atoms with Crippen LogP contribution in [0, 0.1) is 0 Å². The summed E-state index contributed by atoms with van der Waals surface area (Å²) in [5.74, 6) is 0.728. The Balaban J connectivity index is 2.79. The Morgan fingerprint density at radius 1 is 1.27 bits per heavy atom. The third-order valence-corrected chi connectivity index (χ3v) is 2.92. The summed E-state index contributed by atoms with van der Waals surface area (Å²) in [6, 6.07) is 0. The fraction of sp³-hybridized carbons (Fsp3) is 0.833. The maximum absolute atomic E-state index is 12.0. The minimum absolute atomic E-state index is 0.109. The van der Waals surface area contributed by atoms with Crippen LogP contribution in [0.5, 0.6) is 0 Å². The van der Waals surface area contributed by atoms with E-state index in [9.17, 15) is 5.21 Å². The number of allylic oxidation sites excluding steroid dienone is 1. The topological polar surface area (TPSA) is 32.4 Å². The van der Waals surface area contributed by atoms with E-state index in [4.69, 9.17) is 4.74 Å². The molecule has 15 heavy (non-hydrogen) atoms. The van der Waals surface area contributed by atoms with E-state index in [-0.39, 0.29) is 17.2 Å². The van der Waals surface area contributed by atoms with Gasteiger partial charge in [-0.15, -0.1) is 10.3 Å². The molecule has 1 rings (SSSR count). The number of nitrogens with zero attached hydrogens (tertiary/aromatic N) is 1. The molecule has 1 heterocycles. The zero-order valence-corrected chi connectivity index (χ0v) is 10.5. The van der Waals surface area contributed by atoms with E-state index >= 15 is 0 Å². The van der Waals surface area contributed by atoms with Crippen molar-refractivity contribution < 1.29 is 9.94 Å². The molecule has 0 aromatic carbocycles. The Morgan fingerprint density at radius 2 is 1.67 bits per heavy atom. The number of rotatable bonds is 2. The van der Waals surface area contributed by atoms with Crippen molar-refractivity contribution in [3.8, 4) is 0 Å². The van der Waals surface area contributed by atoms with Gasteiger partial charge < -0.3 is 4.74 Å². The number of ether oxygens (including phenoxy) is 1. The van der Waals surface area contributed by atoms with Crippen molar-refractivity contribution in [2.24, 2.45) is 0 Å². The van der Waals surface area contributed by atoms with Gasteiger partial charge in [0.25, 0.3) is 0 Å². The van der Waals surface area contributed by atoms with Crippen LogP contribution in [0.2, 0.25) is 0 Å². The summed E-state index contributed by atoms with van der Waals surface area (Å²) in [4.78, 5) is 0. The normalized spacial score (nSPS) is 26.3. The second kappa shape index (κ2) is 3.80. The van der Waals surface area contributed by atoms with Crippen LogP contribution in [0.3, 0.4) is 0 Å². The van der Waals surface area contributed by atoms with Crippen molar-refractivity contribution in [2.45, 2.75) is 64.6 Å². The van der Waals surface area contributed by atoms with Gasteiger partial charge in [0.1, 0.15) is 6.10 Å². The molecule has 0 saturated carbocycles. The standard InChI is InChI=1S/C12H22NO2/c1-9(2)15-10-7-11(3,4)13(14)12(5,6)8-10/h10H,1,7-8H2,2-6H3. The molecular formula is C12H22NO2. The van der Waals surface area contributed by atoms with E-state index in [1.165, 1.54) is 5.06 Å². The summed E-state index contributed by atoms with van der Waals surface area (Å²) in [7, 11) is 0. The van der Waals surface area contributed by atoms with E-state index < -0.39 is 0 Å². The van der Waals surface area contributed by atoms with Gasteiger partial charge in [-0.3, -0.25) is 0 Å². The zero-order chi connectivity index (χ0) is 11.9. The highest BCUT2D eigenvalue weighted by Gasteiger charge is 2.46. The Labute approximate surface area is 92.7 Å². The molecule has 0 N–H and O–H groups in total. The number of hydrogen-bond donors (Lipinski definition) is 0. The molecule has 0 unspecified atom stereocenters. The third-order valence-electron chi connectivity index (χ3n) is 2.92. The highest BCUT2D eigenvalue weighted by molar-refractivity contribution is 4.97. The number of hydrogen-bond acceptors (Lipinski definition) is 2. The lowest BCUT2D eigenvalue weighted by molar-refractivity contribution is -0.299. The van der Waals surface area contributed by atoms with Crippen molar-refractivity contribution in [1.82, 2.24) is 5.06 Å². The van der Waals surface area contributed by atoms with Gasteiger partial charge in [-0.25, -0.2) is 0 Å². The van der Waals surface area contributed by atoms with Crippen LogP contribution in [0.25, 0.3) is 0 Å². The first-order valence-corrected chi connectivity index (χ1v) is 5.45. The van der Waals surface area contributed by atoms with Crippen molar-refractivity contribution in [1.29, 1.82) is 0 Å². The largest absolute Gasteiger partial charge is 0.496 e. The molecule has 0 atom stereocenters. The highest BCUT2D eigenvalue weighted by atomic mass is 16.5. The zero-order valence-electron chi connectivity index (χ0n) is 10.5. The van der Waals surface area contributed by atoms with E-state index in [2.05, 4.69) is 6.58 Å². The second-order valence-corrected chi connectivity index (χ2v) is 5.77. The Hall–Kier alpha value is -0.540. The maximum Gasteiger partial charge on any atom is 0.102 e. The molecule has 3 heteroatoms. The third kappa shape index (κ3) is 2.73. The summed E-state index contributed by atoms with van der Waals surface area (Å²) in [5, 5.41) is 13.2. The first-order valence-electron chi connectivity index (χ1n) is 5.45. The van der Waals surface area contributed by atoms with E-state index in [0.717, 1.165) is 18.6 Å². The summed E-state index contributed by atoms with van der Waals surface area (Å²) < 4.78 is 5.65. The molecule has 87 valence electrons. The van der Waals surface area contributed by atoms with Gasteiger partial charge in [0.15, 0.2) is 0 Å². The van der Waals surface area contributed by atoms with Gasteiger partial charge in [0, 0.05) is 23.9 Å². The first kappa shape index (κ1) is 12.5. The van der Waals surface area contributed by atoms with Gasteiger partial charge in [-0.05, 0) is 34.6 Å². The van der Waals surface area contributed by atoms with Crippen LogP contribution in [0.4, 0.5) is 0 Å². The maximum atomic E-state index is 12.0. The van der Waals surface area contributed by atoms with Gasteiger partial charge in [-0.1, -0.05) is 6.58 Å². The molecule has 3 nitrogen and oxygen atoms in total. The van der Waals surface area contributed by atoms with Crippen molar-refractivity contribution >= 4 is 0 Å². The van der Waals surface area contributed by atoms with Crippen LogP contribution in [0.15, 0.2) is 12.3 Å². The monoisotopic (exact) mass is 212 g/mol. The van der Waals surface area contributed by atoms with Crippen LogP contribution in [-0.4, -0.2) is 22.2 Å². The number of piperidine rings is 1. The van der Waals surface area contributed by atoms with Crippen LogP contribution in [-0.2, 0) is 9.94 Å². The van der Waals surface area contributed by atoms with E-state index in [1.807, 2.05) is 34.6 Å². The van der Waals surface area contributed by atoms with Gasteiger partial charge in [0.05, 0.1) is 5.76 Å². The smallest absolute Gasteiger partial charge is 0.102 e. The predicted octanol–water partition coefficient (Wildman–Crippen LogP) is 2.90. The average Bonchev–Trinajstić information content (AvgIpc) is 1.97. The quantitative estimate of drug-likeness (QED) is 0.659. The molecule has 1 aliphatic heterocycles. The van der Waals surface area contributed by atoms with Crippen LogP contribution >= 0.6 is 0 Å². The minimum atomic E-state index is -0.359. The molecule has 1 aliphatic rings. The molecule has 0 aromatic rings. The van der Waals surface area contributed by atoms with Crippen molar-refractivity contribution in [3.63, 3.8) is 0 Å². The first-order chi connectivity index (χ1) is 6.65. The molecule has 1 radical (unpaired) electrons. The summed E-state index contributed by atoms with van der Waals surface area (Å²) in [6.07, 6.45) is 1.62. The summed E-state index contributed by atoms with van der Waals surface area (Å²) in [5.41, 5.74) is -0.719. The minimum Gasteiger partial charge on any atom is -0.496 e. The molecule has 1 fully saturated rings. The molecular weight excluding hydrogens is 190 g/mol. The lowest BCUT2D eigenvalue weighted by atomic mass is 9.80. The lowest BCUT2D eigenvalue weighted by Gasteiger charge is -2.49. The predicted molar refractivity (Wildman–Crippen MR) is 59.6 cm³/mol. The van der Waals surface area contributed by atoms with Gasteiger partial charge in [0.2, 0.25) is 0 Å². The van der Waals surface area contributed by atoms with Gasteiger partial charge in [-0.2, -0.15) is 0 Å². The van der Waals surface area contributed by atoms with Crippen molar-refractivity contribution in [3.05, 3.63) is 12.3 Å².